The van der Waals surface area contributed by atoms with Crippen LogP contribution in [0.15, 0.2) is 0 Å². The highest BCUT2D eigenvalue weighted by Gasteiger charge is 2.40. The van der Waals surface area contributed by atoms with Gasteiger partial charge in [-0.3, -0.25) is 10.1 Å². The van der Waals surface area contributed by atoms with Crippen LogP contribution in [0.3, 0.4) is 0 Å². The first kappa shape index (κ1) is 13.8. The van der Waals surface area contributed by atoms with Gasteiger partial charge in [0.1, 0.15) is 0 Å². The molecule has 0 spiro atoms. The van der Waals surface area contributed by atoms with Gasteiger partial charge in [-0.25, -0.2) is 0 Å². The van der Waals surface area contributed by atoms with Crippen LogP contribution < -0.4 is 5.32 Å². The summed E-state index contributed by atoms with van der Waals surface area (Å²) in [6, 6.07) is -0.00943. The lowest BCUT2D eigenvalue weighted by atomic mass is 9.80. The van der Waals surface area contributed by atoms with E-state index in [0.29, 0.717) is 5.41 Å². The summed E-state index contributed by atoms with van der Waals surface area (Å²) in [7, 11) is 2.18. The number of rotatable bonds is 3. The Balaban J connectivity index is 2.01. The monoisotopic (exact) mass is 253 g/mol. The topological polar surface area (TPSA) is 35.6 Å². The quantitative estimate of drug-likeness (QED) is 0.823. The van der Waals surface area contributed by atoms with Crippen LogP contribution in [0, 0.1) is 5.41 Å². The van der Waals surface area contributed by atoms with Crippen LogP contribution in [0.1, 0.15) is 40.0 Å². The molecule has 0 bridgehead atoms. The molecule has 2 rings (SSSR count). The number of amides is 1. The third-order valence-electron chi connectivity index (χ3n) is 4.61. The van der Waals surface area contributed by atoms with Gasteiger partial charge in [-0.1, -0.05) is 13.8 Å². The van der Waals surface area contributed by atoms with Gasteiger partial charge in [0.05, 0.1) is 12.2 Å². The first-order valence-corrected chi connectivity index (χ1v) is 7.20. The van der Waals surface area contributed by atoms with E-state index in [1.54, 1.807) is 0 Å². The van der Waals surface area contributed by atoms with Crippen molar-refractivity contribution in [2.75, 3.05) is 26.7 Å². The maximum Gasteiger partial charge on any atom is 0.240 e. The largest absolute Gasteiger partial charge is 0.325 e. The number of nitrogens with one attached hydrogen (secondary N) is 1. The molecule has 104 valence electrons. The molecule has 0 saturated carbocycles. The lowest BCUT2D eigenvalue weighted by Crippen LogP contribution is -2.47. The SMILES string of the molecule is CCC1NC(C)C(=O)N1CC1(C)CCN(C)CC1. The Bertz CT molecular complexity index is 310. The number of likely N-dealkylation sites (tertiary alicyclic amines) is 1. The van der Waals surface area contributed by atoms with Gasteiger partial charge >= 0.3 is 0 Å². The van der Waals surface area contributed by atoms with Gasteiger partial charge in [0.15, 0.2) is 0 Å². The average Bonchev–Trinajstić information content (AvgIpc) is 2.61. The van der Waals surface area contributed by atoms with Crippen molar-refractivity contribution in [3.63, 3.8) is 0 Å². The Morgan fingerprint density at radius 3 is 2.56 bits per heavy atom. The number of nitrogens with zero attached hydrogens (tertiary/aromatic N) is 2. The van der Waals surface area contributed by atoms with Crippen LogP contribution in [0.25, 0.3) is 0 Å². The van der Waals surface area contributed by atoms with E-state index in [4.69, 9.17) is 0 Å². The van der Waals surface area contributed by atoms with Crippen LogP contribution in [-0.4, -0.2) is 54.6 Å². The van der Waals surface area contributed by atoms with E-state index in [1.165, 1.54) is 12.8 Å². The van der Waals surface area contributed by atoms with Gasteiger partial charge < -0.3 is 9.80 Å². The molecule has 2 heterocycles. The van der Waals surface area contributed by atoms with Crippen molar-refractivity contribution >= 4 is 5.91 Å². The molecule has 0 aromatic rings. The molecular weight excluding hydrogens is 226 g/mol. The lowest BCUT2D eigenvalue weighted by Gasteiger charge is -2.41. The molecule has 0 aliphatic carbocycles. The van der Waals surface area contributed by atoms with Gasteiger partial charge in [-0.05, 0) is 51.7 Å². The summed E-state index contributed by atoms with van der Waals surface area (Å²) >= 11 is 0. The highest BCUT2D eigenvalue weighted by atomic mass is 16.2. The van der Waals surface area contributed by atoms with E-state index in [1.807, 2.05) is 6.92 Å². The van der Waals surface area contributed by atoms with Crippen molar-refractivity contribution in [1.29, 1.82) is 0 Å². The highest BCUT2D eigenvalue weighted by molar-refractivity contribution is 5.83. The van der Waals surface area contributed by atoms with E-state index in [-0.39, 0.29) is 18.1 Å². The summed E-state index contributed by atoms with van der Waals surface area (Å²) in [5, 5.41) is 3.38. The standard InChI is InChI=1S/C14H27N3O/c1-5-12-15-11(2)13(18)17(12)10-14(3)6-8-16(4)9-7-14/h11-12,15H,5-10H2,1-4H3. The van der Waals surface area contributed by atoms with E-state index >= 15 is 0 Å². The second-order valence-electron chi connectivity index (χ2n) is 6.39. The second-order valence-corrected chi connectivity index (χ2v) is 6.39. The molecule has 2 atom stereocenters. The molecule has 0 aromatic carbocycles. The smallest absolute Gasteiger partial charge is 0.240 e. The van der Waals surface area contributed by atoms with Crippen LogP contribution in [0.2, 0.25) is 0 Å². The number of piperidine rings is 1. The zero-order valence-corrected chi connectivity index (χ0v) is 12.2. The molecule has 2 fully saturated rings. The fourth-order valence-corrected chi connectivity index (χ4v) is 3.11. The van der Waals surface area contributed by atoms with E-state index < -0.39 is 0 Å². The molecule has 2 aliphatic heterocycles. The fraction of sp³-hybridized carbons (Fsp3) is 0.929. The predicted octanol–water partition coefficient (Wildman–Crippen LogP) is 1.27. The zero-order valence-electron chi connectivity index (χ0n) is 12.2. The molecule has 18 heavy (non-hydrogen) atoms. The minimum Gasteiger partial charge on any atom is -0.325 e. The minimum absolute atomic E-state index is 0.00943. The Hall–Kier alpha value is -0.610. The third kappa shape index (κ3) is 2.69. The summed E-state index contributed by atoms with van der Waals surface area (Å²) in [5.41, 5.74) is 0.293. The van der Waals surface area contributed by atoms with E-state index in [2.05, 4.69) is 36.0 Å². The molecule has 1 N–H and O–H groups in total. The molecule has 2 aliphatic rings. The maximum atomic E-state index is 12.2. The normalized spacial score (nSPS) is 33.1. The van der Waals surface area contributed by atoms with Crippen molar-refractivity contribution in [3.05, 3.63) is 0 Å². The van der Waals surface area contributed by atoms with Gasteiger partial charge in [0, 0.05) is 6.54 Å². The van der Waals surface area contributed by atoms with Crippen molar-refractivity contribution < 1.29 is 4.79 Å². The summed E-state index contributed by atoms with van der Waals surface area (Å²) in [6.07, 6.45) is 3.62. The lowest BCUT2D eigenvalue weighted by molar-refractivity contribution is -0.131. The Kier molecular flexibility index (Phi) is 3.97. The Morgan fingerprint density at radius 1 is 1.39 bits per heavy atom. The Labute approximate surface area is 111 Å². The summed E-state index contributed by atoms with van der Waals surface area (Å²) in [6.45, 7) is 9.67. The van der Waals surface area contributed by atoms with Gasteiger partial charge in [0.25, 0.3) is 0 Å². The molecule has 0 radical (unpaired) electrons. The highest BCUT2D eigenvalue weighted by Crippen LogP contribution is 2.33. The first-order valence-electron chi connectivity index (χ1n) is 7.20. The summed E-state index contributed by atoms with van der Waals surface area (Å²) < 4.78 is 0. The number of carbonyl (C=O) groups excluding carboxylic acids is 1. The van der Waals surface area contributed by atoms with Gasteiger partial charge in [0.2, 0.25) is 5.91 Å². The molecule has 4 heteroatoms. The third-order valence-corrected chi connectivity index (χ3v) is 4.61. The minimum atomic E-state index is -0.00943. The van der Waals surface area contributed by atoms with Crippen molar-refractivity contribution in [3.8, 4) is 0 Å². The molecule has 4 nitrogen and oxygen atoms in total. The number of carbonyl (C=O) groups is 1. The summed E-state index contributed by atoms with van der Waals surface area (Å²) in [4.78, 5) is 16.7. The second kappa shape index (κ2) is 5.17. The first-order chi connectivity index (χ1) is 8.45. The Morgan fingerprint density at radius 2 is 2.00 bits per heavy atom. The van der Waals surface area contributed by atoms with Crippen molar-refractivity contribution in [1.82, 2.24) is 15.1 Å². The fourth-order valence-electron chi connectivity index (χ4n) is 3.11. The maximum absolute atomic E-state index is 12.2. The average molecular weight is 253 g/mol. The number of hydrogen-bond acceptors (Lipinski definition) is 3. The van der Waals surface area contributed by atoms with Crippen LogP contribution in [-0.2, 0) is 4.79 Å². The van der Waals surface area contributed by atoms with Gasteiger partial charge in [-0.15, -0.1) is 0 Å². The van der Waals surface area contributed by atoms with Crippen LogP contribution in [0.4, 0.5) is 0 Å². The van der Waals surface area contributed by atoms with Crippen LogP contribution >= 0.6 is 0 Å². The molecule has 0 aromatic heterocycles. The number of hydrogen-bond donors (Lipinski definition) is 1. The van der Waals surface area contributed by atoms with Gasteiger partial charge in [-0.2, -0.15) is 0 Å². The molecule has 2 saturated heterocycles. The van der Waals surface area contributed by atoms with E-state index in [9.17, 15) is 4.79 Å². The summed E-state index contributed by atoms with van der Waals surface area (Å²) in [5.74, 6) is 0.280. The predicted molar refractivity (Wildman–Crippen MR) is 73.2 cm³/mol. The van der Waals surface area contributed by atoms with Crippen molar-refractivity contribution in [2.24, 2.45) is 5.41 Å². The molecule has 1 amide bonds. The molecular formula is C14H27N3O. The van der Waals surface area contributed by atoms with E-state index in [0.717, 1.165) is 26.1 Å². The van der Waals surface area contributed by atoms with Crippen molar-refractivity contribution in [2.45, 2.75) is 52.2 Å². The molecule has 2 unspecified atom stereocenters. The zero-order chi connectivity index (χ0) is 13.3. The van der Waals surface area contributed by atoms with Crippen LogP contribution in [0.5, 0.6) is 0 Å².